The Kier molecular flexibility index (Phi) is 10.2. The molecule has 0 amide bonds. The third kappa shape index (κ3) is 8.69. The van der Waals surface area contributed by atoms with E-state index >= 15 is 0 Å². The van der Waals surface area contributed by atoms with Crippen molar-refractivity contribution in [2.24, 2.45) is 0 Å². The molecule has 0 aliphatic rings. The number of hydrogen-bond donors (Lipinski definition) is 1. The van der Waals surface area contributed by atoms with E-state index in [9.17, 15) is 0 Å². The number of unbranched alkanes of at least 4 members (excludes halogenated alkanes) is 3. The molecule has 0 bridgehead atoms. The number of rotatable bonds is 8. The summed E-state index contributed by atoms with van der Waals surface area (Å²) in [5, 5.41) is 9.11. The average molecular weight is 211 g/mol. The largest absolute Gasteiger partial charge is 0.391 e. The second-order valence-corrected chi connectivity index (χ2v) is 4.40. The summed E-state index contributed by atoms with van der Waals surface area (Å²) in [6.45, 7) is 2.21. The van der Waals surface area contributed by atoms with E-state index in [4.69, 9.17) is 16.7 Å². The van der Waals surface area contributed by atoms with E-state index in [2.05, 4.69) is 6.92 Å². The molecule has 0 rings (SSSR count). The van der Waals surface area contributed by atoms with Crippen LogP contribution in [0.25, 0.3) is 0 Å². The van der Waals surface area contributed by atoms with Gasteiger partial charge in [0.15, 0.2) is 0 Å². The minimum absolute atomic E-state index is 0.317. The highest BCUT2D eigenvalue weighted by molar-refractivity contribution is 7.99. The van der Waals surface area contributed by atoms with Gasteiger partial charge in [0.2, 0.25) is 0 Å². The molecule has 0 aliphatic carbocycles. The molecule has 12 heavy (non-hydrogen) atoms. The fourth-order valence-corrected chi connectivity index (χ4v) is 2.10. The molecule has 0 aromatic heterocycles. The molecule has 0 aliphatic heterocycles. The molecule has 0 fully saturated rings. The van der Waals surface area contributed by atoms with Gasteiger partial charge in [0.05, 0.1) is 6.10 Å². The lowest BCUT2D eigenvalue weighted by atomic mass is 10.2. The van der Waals surface area contributed by atoms with Gasteiger partial charge in [-0.15, -0.1) is 11.6 Å². The molecule has 0 heterocycles. The Morgan fingerprint density at radius 1 is 1.33 bits per heavy atom. The summed E-state index contributed by atoms with van der Waals surface area (Å²) in [5.74, 6) is 2.31. The molecule has 0 unspecified atom stereocenters. The Labute approximate surface area is 84.9 Å². The van der Waals surface area contributed by atoms with Gasteiger partial charge in [-0.05, 0) is 12.2 Å². The fraction of sp³-hybridized carbons (Fsp3) is 1.00. The minimum atomic E-state index is -0.317. The minimum Gasteiger partial charge on any atom is -0.391 e. The summed E-state index contributed by atoms with van der Waals surface area (Å²) < 4.78 is 0. The molecule has 1 nitrogen and oxygen atoms in total. The van der Waals surface area contributed by atoms with Crippen molar-refractivity contribution in [3.8, 4) is 0 Å². The molecule has 0 spiro atoms. The van der Waals surface area contributed by atoms with E-state index in [-0.39, 0.29) is 6.10 Å². The van der Waals surface area contributed by atoms with E-state index in [1.165, 1.54) is 25.7 Å². The highest BCUT2D eigenvalue weighted by atomic mass is 35.5. The smallest absolute Gasteiger partial charge is 0.0765 e. The van der Waals surface area contributed by atoms with Crippen molar-refractivity contribution in [3.63, 3.8) is 0 Å². The molecule has 74 valence electrons. The molecule has 1 N–H and O–H groups in total. The highest BCUT2D eigenvalue weighted by Gasteiger charge is 2.00. The van der Waals surface area contributed by atoms with Gasteiger partial charge in [-0.25, -0.2) is 0 Å². The zero-order valence-corrected chi connectivity index (χ0v) is 9.33. The first-order chi connectivity index (χ1) is 5.81. The van der Waals surface area contributed by atoms with Crippen LogP contribution in [0.5, 0.6) is 0 Å². The summed E-state index contributed by atoms with van der Waals surface area (Å²) in [5.41, 5.74) is 0. The number of aliphatic hydroxyl groups is 1. The predicted octanol–water partition coefficient (Wildman–Crippen LogP) is 2.90. The van der Waals surface area contributed by atoms with Crippen LogP contribution in [0, 0.1) is 0 Å². The van der Waals surface area contributed by atoms with Crippen LogP contribution in [0.3, 0.4) is 0 Å². The number of thioether (sulfide) groups is 1. The van der Waals surface area contributed by atoms with Crippen molar-refractivity contribution in [2.45, 2.75) is 38.7 Å². The van der Waals surface area contributed by atoms with Crippen LogP contribution in [0.4, 0.5) is 0 Å². The Hall–Kier alpha value is 0.600. The lowest BCUT2D eigenvalue weighted by Gasteiger charge is -2.05. The third-order valence-electron chi connectivity index (χ3n) is 1.63. The van der Waals surface area contributed by atoms with Gasteiger partial charge in [-0.2, -0.15) is 11.8 Å². The van der Waals surface area contributed by atoms with Gasteiger partial charge in [0.1, 0.15) is 0 Å². The molecule has 3 heteroatoms. The summed E-state index contributed by atoms with van der Waals surface area (Å²) in [7, 11) is 0. The Morgan fingerprint density at radius 3 is 2.67 bits per heavy atom. The van der Waals surface area contributed by atoms with Crippen LogP contribution in [-0.4, -0.2) is 28.6 Å². The SMILES string of the molecule is CCCCCCSC[C@H](O)CCl. The van der Waals surface area contributed by atoms with Crippen LogP contribution in [0.1, 0.15) is 32.6 Å². The zero-order valence-electron chi connectivity index (χ0n) is 7.76. The van der Waals surface area contributed by atoms with Crippen LogP contribution < -0.4 is 0 Å². The Balaban J connectivity index is 2.90. The lowest BCUT2D eigenvalue weighted by molar-refractivity contribution is 0.223. The normalized spacial score (nSPS) is 13.2. The highest BCUT2D eigenvalue weighted by Crippen LogP contribution is 2.09. The first kappa shape index (κ1) is 12.6. The van der Waals surface area contributed by atoms with Gasteiger partial charge in [-0.1, -0.05) is 26.2 Å². The number of alkyl halides is 1. The standard InChI is InChI=1S/C9H19ClOS/c1-2-3-4-5-6-12-8-9(11)7-10/h9,11H,2-8H2,1H3/t9-/m1/s1. The molecular formula is C9H19ClOS. The first-order valence-electron chi connectivity index (χ1n) is 4.63. The van der Waals surface area contributed by atoms with Crippen molar-refractivity contribution in [2.75, 3.05) is 17.4 Å². The van der Waals surface area contributed by atoms with Crippen molar-refractivity contribution < 1.29 is 5.11 Å². The van der Waals surface area contributed by atoms with E-state index in [0.29, 0.717) is 5.88 Å². The fourth-order valence-electron chi connectivity index (χ4n) is 0.895. The Bertz CT molecular complexity index is 90.6. The average Bonchev–Trinajstić information content (AvgIpc) is 2.10. The third-order valence-corrected chi connectivity index (χ3v) is 3.18. The predicted molar refractivity (Wildman–Crippen MR) is 58.2 cm³/mol. The van der Waals surface area contributed by atoms with E-state index in [1.807, 2.05) is 0 Å². The number of halogens is 1. The van der Waals surface area contributed by atoms with E-state index < -0.39 is 0 Å². The van der Waals surface area contributed by atoms with Gasteiger partial charge < -0.3 is 5.11 Å². The van der Waals surface area contributed by atoms with Crippen molar-refractivity contribution >= 4 is 23.4 Å². The Morgan fingerprint density at radius 2 is 2.08 bits per heavy atom. The first-order valence-corrected chi connectivity index (χ1v) is 6.32. The second kappa shape index (κ2) is 9.69. The maximum atomic E-state index is 9.11. The van der Waals surface area contributed by atoms with Gasteiger partial charge in [-0.3, -0.25) is 0 Å². The summed E-state index contributed by atoms with van der Waals surface area (Å²) >= 11 is 7.25. The topological polar surface area (TPSA) is 20.2 Å². The molecule has 0 radical (unpaired) electrons. The quantitative estimate of drug-likeness (QED) is 0.491. The molecule has 0 aromatic carbocycles. The van der Waals surface area contributed by atoms with Crippen molar-refractivity contribution in [1.82, 2.24) is 0 Å². The van der Waals surface area contributed by atoms with Crippen LogP contribution in [0.2, 0.25) is 0 Å². The van der Waals surface area contributed by atoms with Gasteiger partial charge in [0.25, 0.3) is 0 Å². The van der Waals surface area contributed by atoms with Gasteiger partial charge in [0, 0.05) is 11.6 Å². The molecule has 1 atom stereocenters. The lowest BCUT2D eigenvalue weighted by Crippen LogP contribution is -2.11. The second-order valence-electron chi connectivity index (χ2n) is 2.94. The number of hydrogen-bond acceptors (Lipinski definition) is 2. The van der Waals surface area contributed by atoms with Gasteiger partial charge >= 0.3 is 0 Å². The van der Waals surface area contributed by atoms with E-state index in [0.717, 1.165) is 11.5 Å². The molecule has 0 saturated carbocycles. The van der Waals surface area contributed by atoms with Crippen molar-refractivity contribution in [1.29, 1.82) is 0 Å². The van der Waals surface area contributed by atoms with Crippen LogP contribution in [-0.2, 0) is 0 Å². The van der Waals surface area contributed by atoms with Crippen LogP contribution in [0.15, 0.2) is 0 Å². The maximum Gasteiger partial charge on any atom is 0.0765 e. The summed E-state index contributed by atoms with van der Waals surface area (Å²) in [6.07, 6.45) is 4.89. The maximum absolute atomic E-state index is 9.11. The summed E-state index contributed by atoms with van der Waals surface area (Å²) in [6, 6.07) is 0. The molecule has 0 aromatic rings. The molecular weight excluding hydrogens is 192 g/mol. The molecule has 0 saturated heterocycles. The van der Waals surface area contributed by atoms with Crippen molar-refractivity contribution in [3.05, 3.63) is 0 Å². The zero-order chi connectivity index (χ0) is 9.23. The monoisotopic (exact) mass is 210 g/mol. The van der Waals surface area contributed by atoms with Crippen LogP contribution >= 0.6 is 23.4 Å². The van der Waals surface area contributed by atoms with E-state index in [1.54, 1.807) is 11.8 Å². The summed E-state index contributed by atoms with van der Waals surface area (Å²) in [4.78, 5) is 0. The number of aliphatic hydroxyl groups excluding tert-OH is 1.